The van der Waals surface area contributed by atoms with Crippen LogP contribution in [0.4, 0.5) is 13.2 Å². The lowest BCUT2D eigenvalue weighted by Crippen LogP contribution is -2.08. The van der Waals surface area contributed by atoms with Gasteiger partial charge in [-0.2, -0.15) is 18.4 Å². The predicted molar refractivity (Wildman–Crippen MR) is 68.1 cm³/mol. The Morgan fingerprint density at radius 2 is 1.85 bits per heavy atom. The van der Waals surface area contributed by atoms with E-state index in [1.165, 1.54) is 0 Å². The number of alkyl halides is 3. The largest absolute Gasteiger partial charge is 0.417 e. The Hall–Kier alpha value is -2.06. The van der Waals surface area contributed by atoms with Gasteiger partial charge in [0.25, 0.3) is 0 Å². The minimum atomic E-state index is -4.51. The molecule has 1 aromatic carbocycles. The zero-order valence-corrected chi connectivity index (χ0v) is 10.8. The predicted octanol–water partition coefficient (Wildman–Crippen LogP) is 4.41. The quantitative estimate of drug-likeness (QED) is 0.823. The fourth-order valence-corrected chi connectivity index (χ4v) is 2.03. The molecule has 0 bridgehead atoms. The Balaban J connectivity index is 2.45. The average Bonchev–Trinajstić information content (AvgIpc) is 2.41. The summed E-state index contributed by atoms with van der Waals surface area (Å²) in [6.45, 7) is 0. The smallest absolute Gasteiger partial charge is 0.257 e. The van der Waals surface area contributed by atoms with Gasteiger partial charge in [-0.25, -0.2) is 0 Å². The van der Waals surface area contributed by atoms with Gasteiger partial charge in [0.2, 0.25) is 0 Å². The molecule has 2 aromatic rings. The lowest BCUT2D eigenvalue weighted by molar-refractivity contribution is -0.137. The van der Waals surface area contributed by atoms with Gasteiger partial charge in [0.15, 0.2) is 0 Å². The number of aromatic nitrogens is 1. The first-order chi connectivity index (χ1) is 9.43. The Morgan fingerprint density at radius 1 is 1.20 bits per heavy atom. The van der Waals surface area contributed by atoms with Gasteiger partial charge >= 0.3 is 6.18 Å². The molecule has 0 fully saturated rings. The molecule has 0 saturated carbocycles. The molecule has 0 spiro atoms. The van der Waals surface area contributed by atoms with Crippen molar-refractivity contribution in [1.29, 1.82) is 5.26 Å². The summed E-state index contributed by atoms with van der Waals surface area (Å²) in [5, 5.41) is 9.04. The molecule has 0 aliphatic heterocycles. The summed E-state index contributed by atoms with van der Waals surface area (Å²) in [7, 11) is 0. The van der Waals surface area contributed by atoms with Crippen molar-refractivity contribution in [2.75, 3.05) is 0 Å². The maximum Gasteiger partial charge on any atom is 0.417 e. The van der Waals surface area contributed by atoms with Gasteiger partial charge in [0, 0.05) is 6.20 Å². The van der Waals surface area contributed by atoms with Gasteiger partial charge in [-0.1, -0.05) is 41.9 Å². The third-order valence-corrected chi connectivity index (χ3v) is 3.04. The van der Waals surface area contributed by atoms with E-state index in [2.05, 4.69) is 4.98 Å². The van der Waals surface area contributed by atoms with Gasteiger partial charge in [-0.3, -0.25) is 4.98 Å². The van der Waals surface area contributed by atoms with E-state index in [0.717, 1.165) is 6.07 Å². The lowest BCUT2D eigenvalue weighted by atomic mass is 9.96. The Bertz CT molecular complexity index is 648. The second kappa shape index (κ2) is 5.51. The molecule has 0 aliphatic rings. The monoisotopic (exact) mass is 296 g/mol. The molecule has 0 unspecified atom stereocenters. The number of rotatable bonds is 2. The van der Waals surface area contributed by atoms with E-state index in [1.807, 2.05) is 6.07 Å². The van der Waals surface area contributed by atoms with Crippen LogP contribution in [0.15, 0.2) is 42.6 Å². The number of halogens is 4. The van der Waals surface area contributed by atoms with Crippen LogP contribution in [0.25, 0.3) is 0 Å². The third-order valence-electron chi connectivity index (χ3n) is 2.73. The summed E-state index contributed by atoms with van der Waals surface area (Å²) in [5.41, 5.74) is -0.187. The van der Waals surface area contributed by atoms with Crippen molar-refractivity contribution in [1.82, 2.24) is 4.98 Å². The van der Waals surface area contributed by atoms with Crippen molar-refractivity contribution < 1.29 is 13.2 Å². The van der Waals surface area contributed by atoms with Crippen molar-refractivity contribution in [3.05, 3.63) is 64.4 Å². The first kappa shape index (κ1) is 14.4. The highest BCUT2D eigenvalue weighted by Crippen LogP contribution is 2.34. The minimum Gasteiger partial charge on any atom is -0.257 e. The maximum atomic E-state index is 12.5. The molecule has 20 heavy (non-hydrogen) atoms. The van der Waals surface area contributed by atoms with E-state index in [-0.39, 0.29) is 10.7 Å². The molecule has 0 aliphatic carbocycles. The Morgan fingerprint density at radius 3 is 2.35 bits per heavy atom. The molecule has 2 rings (SSSR count). The van der Waals surface area contributed by atoms with Gasteiger partial charge in [-0.05, 0) is 11.6 Å². The zero-order chi connectivity index (χ0) is 14.8. The molecule has 0 radical (unpaired) electrons. The van der Waals surface area contributed by atoms with Crippen molar-refractivity contribution in [2.45, 2.75) is 12.1 Å². The molecule has 1 aromatic heterocycles. The fraction of sp³-hybridized carbons (Fsp3) is 0.143. The van der Waals surface area contributed by atoms with E-state index >= 15 is 0 Å². The molecular weight excluding hydrogens is 289 g/mol. The van der Waals surface area contributed by atoms with Crippen molar-refractivity contribution in [2.24, 2.45) is 0 Å². The Labute approximate surface area is 118 Å². The molecular formula is C14H8ClF3N2. The summed E-state index contributed by atoms with van der Waals surface area (Å²) in [6, 6.07) is 11.4. The van der Waals surface area contributed by atoms with Crippen LogP contribution in [0.1, 0.15) is 22.7 Å². The average molecular weight is 297 g/mol. The van der Waals surface area contributed by atoms with Crippen LogP contribution in [0.2, 0.25) is 5.02 Å². The minimum absolute atomic E-state index is 0.119. The normalized spacial score (nSPS) is 12.8. The molecule has 102 valence electrons. The zero-order valence-electron chi connectivity index (χ0n) is 10.0. The third kappa shape index (κ3) is 2.91. The number of benzene rings is 1. The van der Waals surface area contributed by atoms with E-state index < -0.39 is 17.7 Å². The van der Waals surface area contributed by atoms with Gasteiger partial charge in [0.05, 0.1) is 22.3 Å². The van der Waals surface area contributed by atoms with E-state index in [4.69, 9.17) is 11.6 Å². The van der Waals surface area contributed by atoms with E-state index in [1.54, 1.807) is 30.3 Å². The van der Waals surface area contributed by atoms with Crippen molar-refractivity contribution >= 4 is 11.6 Å². The summed E-state index contributed by atoms with van der Waals surface area (Å²) in [6.07, 6.45) is -3.82. The van der Waals surface area contributed by atoms with Crippen LogP contribution < -0.4 is 0 Å². The standard InChI is InChI=1S/C14H8ClF3N2/c15-12-6-10(14(16,17)18)8-20-13(12)11(7-19)9-4-2-1-3-5-9/h1-6,8,11H/t11-/m1/s1. The van der Waals surface area contributed by atoms with E-state index in [9.17, 15) is 18.4 Å². The van der Waals surface area contributed by atoms with Crippen LogP contribution in [-0.4, -0.2) is 4.98 Å². The first-order valence-corrected chi connectivity index (χ1v) is 5.98. The molecule has 0 N–H and O–H groups in total. The van der Waals surface area contributed by atoms with Crippen LogP contribution >= 0.6 is 11.6 Å². The first-order valence-electron chi connectivity index (χ1n) is 5.60. The number of pyridine rings is 1. The highest BCUT2D eigenvalue weighted by molar-refractivity contribution is 6.31. The summed E-state index contributed by atoms with van der Waals surface area (Å²) in [5.74, 6) is -0.800. The highest BCUT2D eigenvalue weighted by Gasteiger charge is 2.32. The van der Waals surface area contributed by atoms with Crippen LogP contribution in [0.3, 0.4) is 0 Å². The molecule has 2 nitrogen and oxygen atoms in total. The van der Waals surface area contributed by atoms with Crippen molar-refractivity contribution in [3.8, 4) is 6.07 Å². The molecule has 1 heterocycles. The molecule has 0 amide bonds. The maximum absolute atomic E-state index is 12.5. The number of nitriles is 1. The summed E-state index contributed by atoms with van der Waals surface area (Å²) in [4.78, 5) is 3.72. The van der Waals surface area contributed by atoms with Gasteiger partial charge in [-0.15, -0.1) is 0 Å². The second-order valence-electron chi connectivity index (χ2n) is 4.06. The summed E-state index contributed by atoms with van der Waals surface area (Å²) < 4.78 is 37.6. The Kier molecular flexibility index (Phi) is 3.96. The van der Waals surface area contributed by atoms with Crippen molar-refractivity contribution in [3.63, 3.8) is 0 Å². The number of hydrogen-bond donors (Lipinski definition) is 0. The number of nitrogens with zero attached hydrogens (tertiary/aromatic N) is 2. The molecule has 0 saturated heterocycles. The number of hydrogen-bond acceptors (Lipinski definition) is 2. The van der Waals surface area contributed by atoms with E-state index in [0.29, 0.717) is 11.8 Å². The van der Waals surface area contributed by atoms with Crippen LogP contribution in [0, 0.1) is 11.3 Å². The lowest BCUT2D eigenvalue weighted by Gasteiger charge is -2.13. The summed E-state index contributed by atoms with van der Waals surface area (Å²) >= 11 is 5.85. The van der Waals surface area contributed by atoms with Crippen LogP contribution in [-0.2, 0) is 6.18 Å². The molecule has 1 atom stereocenters. The van der Waals surface area contributed by atoms with Gasteiger partial charge in [0.1, 0.15) is 5.92 Å². The highest BCUT2D eigenvalue weighted by atomic mass is 35.5. The molecule has 6 heteroatoms. The second-order valence-corrected chi connectivity index (χ2v) is 4.47. The topological polar surface area (TPSA) is 36.7 Å². The van der Waals surface area contributed by atoms with Crippen LogP contribution in [0.5, 0.6) is 0 Å². The van der Waals surface area contributed by atoms with Gasteiger partial charge < -0.3 is 0 Å². The SMILES string of the molecule is N#C[C@H](c1ccccc1)c1ncc(C(F)(F)F)cc1Cl. The fourth-order valence-electron chi connectivity index (χ4n) is 1.75.